The van der Waals surface area contributed by atoms with Gasteiger partial charge in [0, 0.05) is 6.07 Å². The van der Waals surface area contributed by atoms with Crippen LogP contribution < -0.4 is 4.73 Å². The summed E-state index contributed by atoms with van der Waals surface area (Å²) in [5.74, 6) is -3.96. The molecule has 1 rings (SSSR count). The average Bonchev–Trinajstić information content (AvgIpc) is 1.82. The minimum absolute atomic E-state index is 0.270. The first kappa shape index (κ1) is 8.31. The van der Waals surface area contributed by atoms with Crippen LogP contribution in [0.1, 0.15) is 0 Å². The smallest absolute Gasteiger partial charge is 0.549 e. The molecule has 1 aromatic rings. The van der Waals surface area contributed by atoms with Crippen molar-refractivity contribution in [3.05, 3.63) is 39.2 Å². The minimum Gasteiger partial charge on any atom is -0.614 e. The van der Waals surface area contributed by atoms with Crippen molar-refractivity contribution >= 4 is 5.82 Å². The van der Waals surface area contributed by atoms with E-state index in [2.05, 4.69) is 0 Å². The van der Waals surface area contributed by atoms with Crippen molar-refractivity contribution < 1.29 is 18.4 Å². The molecule has 0 spiro atoms. The van der Waals surface area contributed by atoms with Gasteiger partial charge in [-0.15, -0.1) is 4.73 Å². The second-order valence-electron chi connectivity index (χ2n) is 1.91. The number of nitrogens with zero attached hydrogens (tertiary/aromatic N) is 2. The molecular weight excluding hydrogens is 174 g/mol. The normalized spacial score (nSPS) is 9.83. The molecule has 0 radical (unpaired) electrons. The first-order chi connectivity index (χ1) is 5.52. The van der Waals surface area contributed by atoms with Crippen molar-refractivity contribution in [2.45, 2.75) is 0 Å². The third-order valence-corrected chi connectivity index (χ3v) is 1.10. The van der Waals surface area contributed by atoms with Crippen LogP contribution in [-0.4, -0.2) is 4.92 Å². The first-order valence-corrected chi connectivity index (χ1v) is 2.75. The predicted octanol–water partition coefficient (Wildman–Crippen LogP) is 0.506. The van der Waals surface area contributed by atoms with Crippen LogP contribution in [-0.2, 0) is 0 Å². The van der Waals surface area contributed by atoms with Gasteiger partial charge in [0.05, 0.1) is 0 Å². The SMILES string of the molecule is O=[N+]([O-])c1c(F)cc(F)c[n+]1[O-]. The molecule has 0 saturated carbocycles. The summed E-state index contributed by atoms with van der Waals surface area (Å²) in [4.78, 5) is 8.76. The Morgan fingerprint density at radius 2 is 2.08 bits per heavy atom. The van der Waals surface area contributed by atoms with E-state index in [1.165, 1.54) is 0 Å². The number of halogens is 2. The van der Waals surface area contributed by atoms with Crippen LogP contribution in [0.25, 0.3) is 0 Å². The van der Waals surface area contributed by atoms with Crippen LogP contribution in [0, 0.1) is 27.0 Å². The van der Waals surface area contributed by atoms with E-state index < -0.39 is 27.1 Å². The van der Waals surface area contributed by atoms with Crippen LogP contribution in [0.15, 0.2) is 12.3 Å². The largest absolute Gasteiger partial charge is 0.614 e. The Labute approximate surface area is 64.6 Å². The minimum atomic E-state index is -1.49. The zero-order chi connectivity index (χ0) is 9.30. The Hall–Kier alpha value is -1.79. The highest BCUT2D eigenvalue weighted by atomic mass is 19.1. The van der Waals surface area contributed by atoms with Gasteiger partial charge in [-0.25, -0.2) is 4.39 Å². The fourth-order valence-corrected chi connectivity index (χ4v) is 0.669. The third-order valence-electron chi connectivity index (χ3n) is 1.10. The number of hydrogen-bond acceptors (Lipinski definition) is 3. The third kappa shape index (κ3) is 1.29. The molecule has 0 bridgehead atoms. The molecule has 12 heavy (non-hydrogen) atoms. The molecule has 0 atom stereocenters. The van der Waals surface area contributed by atoms with E-state index in [9.17, 15) is 24.1 Å². The Balaban J connectivity index is 3.38. The Bertz CT molecular complexity index is 318. The van der Waals surface area contributed by atoms with Gasteiger partial charge in [0.1, 0.15) is 4.92 Å². The second kappa shape index (κ2) is 2.68. The molecule has 0 amide bonds. The predicted molar refractivity (Wildman–Crippen MR) is 32.0 cm³/mol. The Morgan fingerprint density at radius 1 is 1.50 bits per heavy atom. The summed E-state index contributed by atoms with van der Waals surface area (Å²) in [6.45, 7) is 0. The molecule has 7 heteroatoms. The molecule has 0 aromatic carbocycles. The van der Waals surface area contributed by atoms with Crippen molar-refractivity contribution in [1.29, 1.82) is 0 Å². The lowest BCUT2D eigenvalue weighted by Gasteiger charge is -1.96. The van der Waals surface area contributed by atoms with Gasteiger partial charge in [-0.3, -0.25) is 10.1 Å². The van der Waals surface area contributed by atoms with E-state index in [0.717, 1.165) is 0 Å². The molecule has 0 unspecified atom stereocenters. The van der Waals surface area contributed by atoms with Gasteiger partial charge >= 0.3 is 5.82 Å². The van der Waals surface area contributed by atoms with Crippen LogP contribution in [0.2, 0.25) is 0 Å². The van der Waals surface area contributed by atoms with Crippen molar-refractivity contribution in [3.63, 3.8) is 0 Å². The molecule has 0 aliphatic carbocycles. The molecule has 0 saturated heterocycles. The zero-order valence-electron chi connectivity index (χ0n) is 5.53. The van der Waals surface area contributed by atoms with Crippen molar-refractivity contribution in [2.24, 2.45) is 0 Å². The molecule has 1 heterocycles. The molecular formula is C5H2F2N2O3. The molecule has 0 N–H and O–H groups in total. The summed E-state index contributed by atoms with van der Waals surface area (Å²) in [5, 5.41) is 20.5. The number of pyridine rings is 1. The van der Waals surface area contributed by atoms with Gasteiger partial charge in [-0.05, 0) is 0 Å². The van der Waals surface area contributed by atoms with E-state index in [4.69, 9.17) is 0 Å². The Kier molecular flexibility index (Phi) is 1.86. The van der Waals surface area contributed by atoms with Crippen molar-refractivity contribution in [2.75, 3.05) is 0 Å². The van der Waals surface area contributed by atoms with E-state index in [1.807, 2.05) is 0 Å². The lowest BCUT2D eigenvalue weighted by molar-refractivity contribution is -0.668. The number of hydrogen-bond donors (Lipinski definition) is 0. The van der Waals surface area contributed by atoms with Gasteiger partial charge in [-0.1, -0.05) is 0 Å². The van der Waals surface area contributed by atoms with Crippen LogP contribution in [0.5, 0.6) is 0 Å². The summed E-state index contributed by atoms with van der Waals surface area (Å²) in [5.41, 5.74) is 0. The second-order valence-corrected chi connectivity index (χ2v) is 1.91. The molecule has 1 aromatic heterocycles. The lowest BCUT2D eigenvalue weighted by atomic mass is 10.4. The monoisotopic (exact) mass is 176 g/mol. The van der Waals surface area contributed by atoms with E-state index in [-0.39, 0.29) is 12.3 Å². The molecule has 0 aliphatic heterocycles. The quantitative estimate of drug-likeness (QED) is 0.271. The van der Waals surface area contributed by atoms with E-state index >= 15 is 0 Å². The van der Waals surface area contributed by atoms with Crippen molar-refractivity contribution in [3.8, 4) is 0 Å². The summed E-state index contributed by atoms with van der Waals surface area (Å²) in [7, 11) is 0. The van der Waals surface area contributed by atoms with Gasteiger partial charge in [0.15, 0.2) is 5.82 Å². The fourth-order valence-electron chi connectivity index (χ4n) is 0.669. The number of rotatable bonds is 1. The first-order valence-electron chi connectivity index (χ1n) is 2.75. The summed E-state index contributed by atoms with van der Waals surface area (Å²) in [6.07, 6.45) is 0.279. The van der Waals surface area contributed by atoms with Crippen LogP contribution in [0.3, 0.4) is 0 Å². The Morgan fingerprint density at radius 3 is 2.50 bits per heavy atom. The van der Waals surface area contributed by atoms with Gasteiger partial charge in [0.25, 0.3) is 5.82 Å². The average molecular weight is 176 g/mol. The summed E-state index contributed by atoms with van der Waals surface area (Å²) >= 11 is 0. The lowest BCUT2D eigenvalue weighted by Crippen LogP contribution is -2.31. The van der Waals surface area contributed by atoms with Crippen LogP contribution >= 0.6 is 0 Å². The highest BCUT2D eigenvalue weighted by molar-refractivity contribution is 5.14. The standard InChI is InChI=1S/C5H2F2N2O3/c6-3-1-4(7)5(9(11)12)8(10)2-3/h1-2H. The summed E-state index contributed by atoms with van der Waals surface area (Å²) in [6, 6.07) is 0.270. The van der Waals surface area contributed by atoms with Gasteiger partial charge < -0.3 is 5.21 Å². The zero-order valence-corrected chi connectivity index (χ0v) is 5.53. The highest BCUT2D eigenvalue weighted by Gasteiger charge is 2.26. The summed E-state index contributed by atoms with van der Waals surface area (Å²) < 4.78 is 24.2. The van der Waals surface area contributed by atoms with E-state index in [1.54, 1.807) is 0 Å². The van der Waals surface area contributed by atoms with Gasteiger partial charge in [0.2, 0.25) is 6.20 Å². The van der Waals surface area contributed by atoms with Crippen molar-refractivity contribution in [1.82, 2.24) is 0 Å². The molecule has 5 nitrogen and oxygen atoms in total. The number of aromatic nitrogens is 1. The maximum atomic E-state index is 12.5. The molecule has 0 fully saturated rings. The maximum Gasteiger partial charge on any atom is 0.549 e. The molecule has 0 aliphatic rings. The maximum absolute atomic E-state index is 12.5. The van der Waals surface area contributed by atoms with Crippen LogP contribution in [0.4, 0.5) is 14.6 Å². The highest BCUT2D eigenvalue weighted by Crippen LogP contribution is 2.10. The van der Waals surface area contributed by atoms with E-state index in [0.29, 0.717) is 0 Å². The topological polar surface area (TPSA) is 70.1 Å². The van der Waals surface area contributed by atoms with Gasteiger partial charge in [-0.2, -0.15) is 4.39 Å². The number of nitro groups is 1. The molecule has 64 valence electrons. The fraction of sp³-hybridized carbons (Fsp3) is 0.